The second-order valence-corrected chi connectivity index (χ2v) is 13.3. The fraction of sp³-hybridized carbons (Fsp3) is 0.263. The van der Waals surface area contributed by atoms with Gasteiger partial charge < -0.3 is 19.1 Å². The number of amides is 1. The first kappa shape index (κ1) is 32.8. The maximum absolute atomic E-state index is 16.3. The second-order valence-electron chi connectivity index (χ2n) is 12.4. The lowest BCUT2D eigenvalue weighted by molar-refractivity contribution is -0.129. The molecule has 2 aliphatic rings. The van der Waals surface area contributed by atoms with Gasteiger partial charge in [0.05, 0.1) is 61.1 Å². The third kappa shape index (κ3) is 5.85. The number of hydrogen-bond donors (Lipinski definition) is 0. The number of halogens is 2. The highest BCUT2D eigenvalue weighted by Crippen LogP contribution is 2.49. The SMILES string of the molecule is C=CC(=O)N1CCn2nc(-c3nc4c5ccsc5c3-c3c(F)cc(F)cc3OCCOC/C=C/CCOc3cc5c(cnn5C)cc3-4)cc2[C@H]1C. The molecular weight excluding hydrogens is 675 g/mol. The first-order valence-corrected chi connectivity index (χ1v) is 17.6. The monoisotopic (exact) mass is 708 g/mol. The summed E-state index contributed by atoms with van der Waals surface area (Å²) in [5, 5.41) is 13.0. The zero-order valence-electron chi connectivity index (χ0n) is 28.1. The van der Waals surface area contributed by atoms with E-state index in [1.807, 2.05) is 60.5 Å². The van der Waals surface area contributed by atoms with Gasteiger partial charge in [0.2, 0.25) is 5.91 Å². The summed E-state index contributed by atoms with van der Waals surface area (Å²) in [6, 6.07) is 9.55. The molecule has 2 aliphatic heterocycles. The van der Waals surface area contributed by atoms with Gasteiger partial charge in [0.25, 0.3) is 0 Å². The zero-order chi connectivity index (χ0) is 35.2. The molecule has 0 saturated heterocycles. The van der Waals surface area contributed by atoms with Crippen molar-refractivity contribution in [2.75, 3.05) is 33.0 Å². The smallest absolute Gasteiger partial charge is 0.246 e. The third-order valence-electron chi connectivity index (χ3n) is 9.35. The van der Waals surface area contributed by atoms with Gasteiger partial charge in [-0.1, -0.05) is 18.7 Å². The fourth-order valence-electron chi connectivity index (χ4n) is 6.86. The second kappa shape index (κ2) is 13.4. The van der Waals surface area contributed by atoms with Gasteiger partial charge in [-0.05, 0) is 43.0 Å². The Hall–Kier alpha value is -5.40. The molecule has 0 spiro atoms. The maximum Gasteiger partial charge on any atom is 0.246 e. The topological polar surface area (TPSA) is 96.5 Å². The predicted octanol–water partition coefficient (Wildman–Crippen LogP) is 7.48. The van der Waals surface area contributed by atoms with Gasteiger partial charge in [0.1, 0.15) is 41.1 Å². The molecule has 51 heavy (non-hydrogen) atoms. The van der Waals surface area contributed by atoms with Crippen LogP contribution in [-0.4, -0.2) is 68.3 Å². The number of fused-ring (bicyclic) bond motifs is 6. The molecule has 260 valence electrons. The molecule has 0 unspecified atom stereocenters. The Bertz CT molecular complexity index is 2360. The number of rotatable bonds is 2. The van der Waals surface area contributed by atoms with E-state index in [4.69, 9.17) is 24.3 Å². The van der Waals surface area contributed by atoms with Crippen molar-refractivity contribution >= 4 is 38.2 Å². The van der Waals surface area contributed by atoms with E-state index < -0.39 is 11.6 Å². The molecule has 6 heterocycles. The average Bonchev–Trinajstić information content (AvgIpc) is 3.87. The van der Waals surface area contributed by atoms with Crippen molar-refractivity contribution in [3.63, 3.8) is 0 Å². The first-order chi connectivity index (χ1) is 24.8. The van der Waals surface area contributed by atoms with Crippen LogP contribution < -0.4 is 9.47 Å². The van der Waals surface area contributed by atoms with E-state index in [0.29, 0.717) is 65.8 Å². The number of carbonyl (C=O) groups is 1. The summed E-state index contributed by atoms with van der Waals surface area (Å²) in [4.78, 5) is 19.8. The minimum absolute atomic E-state index is 0.0270. The Morgan fingerprint density at radius 1 is 1.02 bits per heavy atom. The van der Waals surface area contributed by atoms with Crippen LogP contribution in [0.15, 0.2) is 72.8 Å². The summed E-state index contributed by atoms with van der Waals surface area (Å²) in [5.41, 5.74) is 4.38. The molecule has 2 bridgehead atoms. The molecule has 8 rings (SSSR count). The number of thiophene rings is 1. The van der Waals surface area contributed by atoms with E-state index in [-0.39, 0.29) is 36.5 Å². The van der Waals surface area contributed by atoms with Gasteiger partial charge in [-0.25, -0.2) is 13.8 Å². The molecule has 0 radical (unpaired) electrons. The molecule has 4 aromatic heterocycles. The minimum atomic E-state index is -0.797. The largest absolute Gasteiger partial charge is 0.492 e. The molecule has 0 saturated carbocycles. The van der Waals surface area contributed by atoms with E-state index in [1.54, 1.807) is 15.8 Å². The van der Waals surface area contributed by atoms with Crippen LogP contribution in [0, 0.1) is 11.6 Å². The van der Waals surface area contributed by atoms with E-state index >= 15 is 4.39 Å². The molecule has 1 atom stereocenters. The normalized spacial score (nSPS) is 17.2. The van der Waals surface area contributed by atoms with Gasteiger partial charge in [0.15, 0.2) is 0 Å². The highest BCUT2D eigenvalue weighted by Gasteiger charge is 2.32. The fourth-order valence-corrected chi connectivity index (χ4v) is 7.81. The van der Waals surface area contributed by atoms with Crippen molar-refractivity contribution in [2.24, 2.45) is 7.05 Å². The van der Waals surface area contributed by atoms with Crippen molar-refractivity contribution < 1.29 is 27.8 Å². The van der Waals surface area contributed by atoms with Gasteiger partial charge in [0, 0.05) is 58.4 Å². The molecule has 2 aromatic carbocycles. The van der Waals surface area contributed by atoms with Crippen LogP contribution in [0.3, 0.4) is 0 Å². The lowest BCUT2D eigenvalue weighted by Gasteiger charge is -2.33. The van der Waals surface area contributed by atoms with Crippen molar-refractivity contribution in [3.8, 4) is 45.3 Å². The van der Waals surface area contributed by atoms with E-state index in [0.717, 1.165) is 33.6 Å². The van der Waals surface area contributed by atoms with Crippen LogP contribution in [0.2, 0.25) is 0 Å². The van der Waals surface area contributed by atoms with Gasteiger partial charge >= 0.3 is 0 Å². The number of nitrogens with zero attached hydrogens (tertiary/aromatic N) is 6. The Balaban J connectivity index is 1.43. The van der Waals surface area contributed by atoms with Crippen molar-refractivity contribution in [1.82, 2.24) is 29.4 Å². The highest BCUT2D eigenvalue weighted by molar-refractivity contribution is 7.18. The number of benzene rings is 2. The standard InChI is InChI=1S/C38H34F2N6O4S/c1-4-33(47)45-9-10-46-29(22(45)2)19-28(43-46)37-35-34-27(40)17-24(39)18-32(34)50-14-13-48-11-6-5-7-12-49-31-20-30-23(21-41-44(30)3)16-26(31)36(42-37)25-8-15-51-38(25)35/h4-6,8,15-22H,1,7,9-14H2,2-3H3/b6-5+/t22-/m1/s1. The summed E-state index contributed by atoms with van der Waals surface area (Å²) in [6.07, 6.45) is 7.64. The number of ether oxygens (including phenoxy) is 3. The van der Waals surface area contributed by atoms with Crippen LogP contribution in [0.5, 0.6) is 11.5 Å². The Labute approximate surface area is 296 Å². The summed E-state index contributed by atoms with van der Waals surface area (Å²) in [6.45, 7) is 7.53. The zero-order valence-corrected chi connectivity index (χ0v) is 28.9. The average molecular weight is 709 g/mol. The number of aryl methyl sites for hydroxylation is 1. The molecule has 1 amide bonds. The van der Waals surface area contributed by atoms with E-state index in [2.05, 4.69) is 11.7 Å². The van der Waals surface area contributed by atoms with Gasteiger partial charge in [-0.15, -0.1) is 11.3 Å². The maximum atomic E-state index is 16.3. The third-order valence-corrected chi connectivity index (χ3v) is 10.3. The van der Waals surface area contributed by atoms with Crippen molar-refractivity contribution in [1.29, 1.82) is 0 Å². The lowest BCUT2D eigenvalue weighted by atomic mass is 9.95. The summed E-state index contributed by atoms with van der Waals surface area (Å²) in [7, 11) is 1.88. The molecule has 0 aliphatic carbocycles. The summed E-state index contributed by atoms with van der Waals surface area (Å²) < 4.78 is 53.8. The van der Waals surface area contributed by atoms with E-state index in [9.17, 15) is 9.18 Å². The van der Waals surface area contributed by atoms with Crippen LogP contribution in [0.25, 0.3) is 54.8 Å². The van der Waals surface area contributed by atoms with Crippen molar-refractivity contribution in [3.05, 3.63) is 90.1 Å². The van der Waals surface area contributed by atoms with Crippen LogP contribution in [0.1, 0.15) is 25.1 Å². The molecule has 10 nitrogen and oxygen atoms in total. The molecule has 0 N–H and O–H groups in total. The molecular formula is C38H34F2N6O4S. The van der Waals surface area contributed by atoms with E-state index in [1.165, 1.54) is 23.5 Å². The Morgan fingerprint density at radius 3 is 2.75 bits per heavy atom. The number of carbonyl (C=O) groups excluding carboxylic acids is 1. The van der Waals surface area contributed by atoms with Gasteiger partial charge in [-0.2, -0.15) is 10.2 Å². The van der Waals surface area contributed by atoms with Crippen LogP contribution in [0.4, 0.5) is 8.78 Å². The highest BCUT2D eigenvalue weighted by atomic mass is 32.1. The minimum Gasteiger partial charge on any atom is -0.492 e. The summed E-state index contributed by atoms with van der Waals surface area (Å²) in [5.74, 6) is -1.10. The van der Waals surface area contributed by atoms with Crippen LogP contribution >= 0.6 is 11.3 Å². The Morgan fingerprint density at radius 2 is 1.88 bits per heavy atom. The molecule has 0 fully saturated rings. The predicted molar refractivity (Wildman–Crippen MR) is 192 cm³/mol. The summed E-state index contributed by atoms with van der Waals surface area (Å²) >= 11 is 1.42. The number of aromatic nitrogens is 5. The molecule has 13 heteroatoms. The number of hydrogen-bond acceptors (Lipinski definition) is 8. The number of pyridine rings is 1. The van der Waals surface area contributed by atoms with Crippen molar-refractivity contribution in [2.45, 2.75) is 25.9 Å². The van der Waals surface area contributed by atoms with Crippen LogP contribution in [-0.2, 0) is 23.1 Å². The molecule has 6 aromatic rings. The quantitative estimate of drug-likeness (QED) is 0.136. The van der Waals surface area contributed by atoms with Gasteiger partial charge in [-0.3, -0.25) is 14.2 Å². The lowest BCUT2D eigenvalue weighted by Crippen LogP contribution is -2.40. The first-order valence-electron chi connectivity index (χ1n) is 16.7. The Kier molecular flexibility index (Phi) is 8.60.